The number of hydrogen-bond acceptors (Lipinski definition) is 3. The maximum atomic E-state index is 11.9. The minimum atomic E-state index is -0.486. The van der Waals surface area contributed by atoms with Crippen molar-refractivity contribution in [3.63, 3.8) is 0 Å². The van der Waals surface area contributed by atoms with Gasteiger partial charge in [0.15, 0.2) is 0 Å². The van der Waals surface area contributed by atoms with E-state index in [1.54, 1.807) is 12.1 Å². The maximum Gasteiger partial charge on any atom is 0.233 e. The van der Waals surface area contributed by atoms with E-state index in [-0.39, 0.29) is 0 Å². The Morgan fingerprint density at radius 2 is 1.50 bits per heavy atom. The van der Waals surface area contributed by atoms with Crippen molar-refractivity contribution >= 4 is 23.0 Å². The van der Waals surface area contributed by atoms with Gasteiger partial charge in [-0.3, -0.25) is 9.59 Å². The summed E-state index contributed by atoms with van der Waals surface area (Å²) >= 11 is 0. The van der Waals surface area contributed by atoms with Crippen LogP contribution in [0, 0.1) is 0 Å². The van der Waals surface area contributed by atoms with E-state index in [4.69, 9.17) is 0 Å². The van der Waals surface area contributed by atoms with Gasteiger partial charge in [-0.1, -0.05) is 50.2 Å². The van der Waals surface area contributed by atoms with Crippen LogP contribution in [0.25, 0.3) is 5.70 Å². The highest BCUT2D eigenvalue weighted by atomic mass is 16.2. The molecule has 0 heterocycles. The molecule has 22 heavy (non-hydrogen) atoms. The predicted molar refractivity (Wildman–Crippen MR) is 87.9 cm³/mol. The summed E-state index contributed by atoms with van der Waals surface area (Å²) in [7, 11) is 0. The average molecular weight is 291 g/mol. The predicted octanol–water partition coefficient (Wildman–Crippen LogP) is 4.03. The van der Waals surface area contributed by atoms with Crippen LogP contribution in [0.2, 0.25) is 0 Å². The van der Waals surface area contributed by atoms with E-state index in [0.29, 0.717) is 17.2 Å². The van der Waals surface area contributed by atoms with Crippen LogP contribution >= 0.6 is 0 Å². The van der Waals surface area contributed by atoms with Crippen molar-refractivity contribution in [2.75, 3.05) is 5.32 Å². The van der Waals surface area contributed by atoms with E-state index < -0.39 is 11.6 Å². The lowest BCUT2D eigenvalue weighted by Gasteiger charge is -2.18. The molecule has 3 rings (SSSR count). The van der Waals surface area contributed by atoms with Crippen molar-refractivity contribution in [1.82, 2.24) is 0 Å². The zero-order valence-corrected chi connectivity index (χ0v) is 12.6. The second-order valence-electron chi connectivity index (χ2n) is 5.70. The SMILES string of the molecule is CC(C)c1ccc(NC2=CC(=O)C(=O)c3ccccc32)cc1. The number of allylic oxidation sites excluding steroid dienone is 1. The molecule has 1 N–H and O–H groups in total. The first-order valence-electron chi connectivity index (χ1n) is 7.33. The van der Waals surface area contributed by atoms with Crippen LogP contribution in [-0.4, -0.2) is 11.6 Å². The summed E-state index contributed by atoms with van der Waals surface area (Å²) in [5.74, 6) is -0.459. The van der Waals surface area contributed by atoms with E-state index in [1.807, 2.05) is 24.3 Å². The van der Waals surface area contributed by atoms with Gasteiger partial charge >= 0.3 is 0 Å². The number of rotatable bonds is 3. The van der Waals surface area contributed by atoms with Crippen LogP contribution < -0.4 is 5.32 Å². The van der Waals surface area contributed by atoms with Crippen LogP contribution in [0.1, 0.15) is 41.3 Å². The fraction of sp³-hybridized carbons (Fsp3) is 0.158. The molecule has 110 valence electrons. The molecule has 3 nitrogen and oxygen atoms in total. The first-order valence-corrected chi connectivity index (χ1v) is 7.33. The zero-order chi connectivity index (χ0) is 15.7. The Labute approximate surface area is 129 Å². The highest BCUT2D eigenvalue weighted by Gasteiger charge is 2.25. The molecule has 0 saturated heterocycles. The van der Waals surface area contributed by atoms with Gasteiger partial charge in [-0.05, 0) is 23.6 Å². The second-order valence-corrected chi connectivity index (χ2v) is 5.70. The second kappa shape index (κ2) is 5.60. The van der Waals surface area contributed by atoms with Crippen molar-refractivity contribution in [2.24, 2.45) is 0 Å². The van der Waals surface area contributed by atoms with E-state index in [0.717, 1.165) is 11.3 Å². The molecule has 2 aromatic rings. The van der Waals surface area contributed by atoms with Crippen molar-refractivity contribution < 1.29 is 9.59 Å². The number of anilines is 1. The summed E-state index contributed by atoms with van der Waals surface area (Å²) < 4.78 is 0. The van der Waals surface area contributed by atoms with Crippen molar-refractivity contribution in [1.29, 1.82) is 0 Å². The number of hydrogen-bond donors (Lipinski definition) is 1. The van der Waals surface area contributed by atoms with Gasteiger partial charge in [0, 0.05) is 22.9 Å². The molecule has 1 aliphatic carbocycles. The van der Waals surface area contributed by atoms with E-state index >= 15 is 0 Å². The number of benzene rings is 2. The molecule has 0 aliphatic heterocycles. The number of nitrogens with one attached hydrogen (secondary N) is 1. The van der Waals surface area contributed by atoms with Crippen LogP contribution in [0.3, 0.4) is 0 Å². The van der Waals surface area contributed by atoms with Crippen LogP contribution in [0.15, 0.2) is 54.6 Å². The van der Waals surface area contributed by atoms with Crippen LogP contribution in [0.5, 0.6) is 0 Å². The Morgan fingerprint density at radius 1 is 0.864 bits per heavy atom. The fourth-order valence-corrected chi connectivity index (χ4v) is 2.53. The summed E-state index contributed by atoms with van der Waals surface area (Å²) in [5, 5.41) is 3.24. The summed E-state index contributed by atoms with van der Waals surface area (Å²) in [6, 6.07) is 15.3. The molecule has 0 amide bonds. The number of Topliss-reactive ketones (excluding diaryl/α,β-unsaturated/α-hetero) is 1. The normalized spacial score (nSPS) is 13.9. The third-order valence-electron chi connectivity index (χ3n) is 3.82. The molecule has 0 radical (unpaired) electrons. The first-order chi connectivity index (χ1) is 10.6. The Bertz CT molecular complexity index is 770. The molecule has 0 bridgehead atoms. The Balaban J connectivity index is 1.93. The summed E-state index contributed by atoms with van der Waals surface area (Å²) in [4.78, 5) is 23.7. The first kappa shape index (κ1) is 14.3. The molecule has 0 fully saturated rings. The van der Waals surface area contributed by atoms with Crippen LogP contribution in [-0.2, 0) is 4.79 Å². The molecule has 0 saturated carbocycles. The lowest BCUT2D eigenvalue weighted by Crippen LogP contribution is -2.20. The monoisotopic (exact) mass is 291 g/mol. The molecule has 3 heteroatoms. The van der Waals surface area contributed by atoms with Crippen molar-refractivity contribution in [3.8, 4) is 0 Å². The third-order valence-corrected chi connectivity index (χ3v) is 3.82. The summed E-state index contributed by atoms with van der Waals surface area (Å²) in [6.07, 6.45) is 1.38. The van der Waals surface area contributed by atoms with Crippen molar-refractivity contribution in [3.05, 3.63) is 71.3 Å². The number of fused-ring (bicyclic) bond motifs is 1. The molecule has 0 atom stereocenters. The molecule has 0 aromatic heterocycles. The Kier molecular flexibility index (Phi) is 3.63. The number of carbonyl (C=O) groups excluding carboxylic acids is 2. The molecule has 1 aliphatic rings. The lowest BCUT2D eigenvalue weighted by atomic mass is 9.92. The fourth-order valence-electron chi connectivity index (χ4n) is 2.53. The largest absolute Gasteiger partial charge is 0.355 e. The molecule has 0 unspecified atom stereocenters. The maximum absolute atomic E-state index is 11.9. The van der Waals surface area contributed by atoms with Gasteiger partial charge in [-0.15, -0.1) is 0 Å². The molecule has 2 aromatic carbocycles. The smallest absolute Gasteiger partial charge is 0.233 e. The number of ketones is 2. The average Bonchev–Trinajstić information content (AvgIpc) is 2.53. The van der Waals surface area contributed by atoms with E-state index in [2.05, 4.69) is 31.3 Å². The highest BCUT2D eigenvalue weighted by molar-refractivity contribution is 6.50. The van der Waals surface area contributed by atoms with Gasteiger partial charge < -0.3 is 5.32 Å². The van der Waals surface area contributed by atoms with Gasteiger partial charge in [-0.2, -0.15) is 0 Å². The third kappa shape index (κ3) is 2.58. The van der Waals surface area contributed by atoms with Gasteiger partial charge in [0.1, 0.15) is 0 Å². The van der Waals surface area contributed by atoms with Gasteiger partial charge in [0.25, 0.3) is 0 Å². The lowest BCUT2D eigenvalue weighted by molar-refractivity contribution is -0.111. The Morgan fingerprint density at radius 3 is 2.14 bits per heavy atom. The van der Waals surface area contributed by atoms with Gasteiger partial charge in [0.05, 0.1) is 5.70 Å². The van der Waals surface area contributed by atoms with Crippen molar-refractivity contribution in [2.45, 2.75) is 19.8 Å². The Hall–Kier alpha value is -2.68. The number of carbonyl (C=O) groups is 2. The van der Waals surface area contributed by atoms with Gasteiger partial charge in [-0.25, -0.2) is 0 Å². The minimum absolute atomic E-state index is 0.448. The standard InChI is InChI=1S/C19H17NO2/c1-12(2)13-7-9-14(10-8-13)20-17-11-18(21)19(22)16-6-4-3-5-15(16)17/h3-12,20H,1-2H3. The molecular weight excluding hydrogens is 274 g/mol. The molecular formula is C19H17NO2. The van der Waals surface area contributed by atoms with E-state index in [1.165, 1.54) is 11.6 Å². The van der Waals surface area contributed by atoms with E-state index in [9.17, 15) is 9.59 Å². The highest BCUT2D eigenvalue weighted by Crippen LogP contribution is 2.27. The zero-order valence-electron chi connectivity index (χ0n) is 12.6. The topological polar surface area (TPSA) is 46.2 Å². The summed E-state index contributed by atoms with van der Waals surface area (Å²) in [5.41, 5.74) is 4.04. The van der Waals surface area contributed by atoms with Crippen LogP contribution in [0.4, 0.5) is 5.69 Å². The minimum Gasteiger partial charge on any atom is -0.355 e. The molecule has 0 spiro atoms. The summed E-state index contributed by atoms with van der Waals surface area (Å²) in [6.45, 7) is 4.29. The quantitative estimate of drug-likeness (QED) is 0.868. The van der Waals surface area contributed by atoms with Gasteiger partial charge in [0.2, 0.25) is 11.6 Å².